The number of urea groups is 1. The zero-order valence-corrected chi connectivity index (χ0v) is 16.5. The van der Waals surface area contributed by atoms with E-state index >= 15 is 0 Å². The van der Waals surface area contributed by atoms with Gasteiger partial charge in [-0.2, -0.15) is 8.78 Å². The van der Waals surface area contributed by atoms with Gasteiger partial charge in [-0.25, -0.2) is 4.79 Å². The molecule has 1 heterocycles. The van der Waals surface area contributed by atoms with Crippen LogP contribution in [0.5, 0.6) is 5.75 Å². The van der Waals surface area contributed by atoms with E-state index in [1.165, 1.54) is 31.2 Å². The molecule has 1 atom stereocenters. The highest BCUT2D eigenvalue weighted by atomic mass is 19.3. The van der Waals surface area contributed by atoms with Gasteiger partial charge in [0.05, 0.1) is 0 Å². The van der Waals surface area contributed by atoms with Crippen LogP contribution in [0, 0.1) is 0 Å². The first-order valence-electron chi connectivity index (χ1n) is 8.98. The smallest absolute Gasteiger partial charge is 0.387 e. The SMILES string of the molecule is CC(C)N(C(=O)CN1C(=O)N[C@](C)(c2ccc(OC(F)F)cc2)C1=O)C(C)C. The maximum atomic E-state index is 12.9. The van der Waals surface area contributed by atoms with E-state index in [0.717, 1.165) is 4.90 Å². The van der Waals surface area contributed by atoms with Crippen molar-refractivity contribution in [2.45, 2.75) is 58.9 Å². The molecule has 1 aromatic carbocycles. The summed E-state index contributed by atoms with van der Waals surface area (Å²) >= 11 is 0. The van der Waals surface area contributed by atoms with Gasteiger partial charge in [0.2, 0.25) is 5.91 Å². The normalized spacial score (nSPS) is 19.6. The summed E-state index contributed by atoms with van der Waals surface area (Å²) in [5.74, 6) is -0.977. The maximum Gasteiger partial charge on any atom is 0.387 e. The molecule has 0 unspecified atom stereocenters. The van der Waals surface area contributed by atoms with E-state index in [9.17, 15) is 23.2 Å². The number of alkyl halides is 2. The molecule has 1 fully saturated rings. The van der Waals surface area contributed by atoms with Crippen LogP contribution in [-0.2, 0) is 15.1 Å². The Morgan fingerprint density at radius 3 is 2.14 bits per heavy atom. The van der Waals surface area contributed by atoms with Crippen LogP contribution in [0.25, 0.3) is 0 Å². The van der Waals surface area contributed by atoms with Gasteiger partial charge in [-0.1, -0.05) is 12.1 Å². The fourth-order valence-electron chi connectivity index (χ4n) is 3.40. The van der Waals surface area contributed by atoms with E-state index in [1.54, 1.807) is 4.90 Å². The van der Waals surface area contributed by atoms with Crippen LogP contribution >= 0.6 is 0 Å². The molecule has 0 saturated carbocycles. The Morgan fingerprint density at radius 2 is 1.68 bits per heavy atom. The molecular formula is C19H25F2N3O4. The minimum atomic E-state index is -2.96. The van der Waals surface area contributed by atoms with E-state index < -0.39 is 24.1 Å². The molecule has 1 aromatic rings. The van der Waals surface area contributed by atoms with Crippen molar-refractivity contribution < 1.29 is 27.9 Å². The molecule has 0 radical (unpaired) electrons. The molecule has 1 aliphatic heterocycles. The van der Waals surface area contributed by atoms with Gasteiger partial charge in [-0.05, 0) is 52.3 Å². The second-order valence-corrected chi connectivity index (χ2v) is 7.34. The summed E-state index contributed by atoms with van der Waals surface area (Å²) in [7, 11) is 0. The van der Waals surface area contributed by atoms with Crippen LogP contribution in [-0.4, -0.2) is 52.9 Å². The molecular weight excluding hydrogens is 372 g/mol. The lowest BCUT2D eigenvalue weighted by Crippen LogP contribution is -2.49. The van der Waals surface area contributed by atoms with Gasteiger partial charge in [0.25, 0.3) is 5.91 Å². The zero-order valence-electron chi connectivity index (χ0n) is 16.5. The number of hydrogen-bond acceptors (Lipinski definition) is 4. The summed E-state index contributed by atoms with van der Waals surface area (Å²) in [6.07, 6.45) is 0. The number of halogens is 2. The zero-order chi connectivity index (χ0) is 21.2. The predicted octanol–water partition coefficient (Wildman–Crippen LogP) is 2.70. The summed E-state index contributed by atoms with van der Waals surface area (Å²) in [6.45, 7) is 5.61. The molecule has 0 aliphatic carbocycles. The van der Waals surface area contributed by atoms with Crippen LogP contribution < -0.4 is 10.1 Å². The first-order valence-corrected chi connectivity index (χ1v) is 8.98. The van der Waals surface area contributed by atoms with Gasteiger partial charge in [0, 0.05) is 12.1 Å². The maximum absolute atomic E-state index is 12.9. The highest BCUT2D eigenvalue weighted by Crippen LogP contribution is 2.30. The number of nitrogens with one attached hydrogen (secondary N) is 1. The highest BCUT2D eigenvalue weighted by molar-refractivity contribution is 6.09. The lowest BCUT2D eigenvalue weighted by molar-refractivity contribution is -0.141. The van der Waals surface area contributed by atoms with Crippen molar-refractivity contribution in [2.75, 3.05) is 6.54 Å². The number of benzene rings is 1. The Balaban J connectivity index is 2.21. The Morgan fingerprint density at radius 1 is 1.14 bits per heavy atom. The van der Waals surface area contributed by atoms with Crippen molar-refractivity contribution >= 4 is 17.8 Å². The number of ether oxygens (including phenoxy) is 1. The predicted molar refractivity (Wildman–Crippen MR) is 97.8 cm³/mol. The number of carbonyl (C=O) groups is 3. The van der Waals surface area contributed by atoms with E-state index in [1.807, 2.05) is 27.7 Å². The lowest BCUT2D eigenvalue weighted by Gasteiger charge is -2.32. The summed E-state index contributed by atoms with van der Waals surface area (Å²) in [4.78, 5) is 40.4. The third-order valence-electron chi connectivity index (χ3n) is 4.63. The monoisotopic (exact) mass is 397 g/mol. The van der Waals surface area contributed by atoms with Gasteiger partial charge in [0.1, 0.15) is 17.8 Å². The van der Waals surface area contributed by atoms with E-state index in [4.69, 9.17) is 0 Å². The van der Waals surface area contributed by atoms with Crippen molar-refractivity contribution in [1.29, 1.82) is 0 Å². The van der Waals surface area contributed by atoms with Crippen molar-refractivity contribution in [3.63, 3.8) is 0 Å². The Bertz CT molecular complexity index is 744. The molecule has 9 heteroatoms. The molecule has 28 heavy (non-hydrogen) atoms. The molecule has 0 spiro atoms. The number of imide groups is 1. The van der Waals surface area contributed by atoms with E-state index in [2.05, 4.69) is 10.1 Å². The van der Waals surface area contributed by atoms with E-state index in [0.29, 0.717) is 5.56 Å². The molecule has 4 amide bonds. The van der Waals surface area contributed by atoms with Crippen LogP contribution in [0.3, 0.4) is 0 Å². The summed E-state index contributed by atoms with van der Waals surface area (Å²) in [6, 6.07) is 4.59. The first-order chi connectivity index (χ1) is 13.0. The van der Waals surface area contributed by atoms with Crippen LogP contribution in [0.1, 0.15) is 40.2 Å². The largest absolute Gasteiger partial charge is 0.435 e. The molecule has 0 aromatic heterocycles. The Labute approximate surface area is 162 Å². The fourth-order valence-corrected chi connectivity index (χ4v) is 3.40. The fraction of sp³-hybridized carbons (Fsp3) is 0.526. The highest BCUT2D eigenvalue weighted by Gasteiger charge is 2.49. The second kappa shape index (κ2) is 8.12. The Hall–Kier alpha value is -2.71. The average molecular weight is 397 g/mol. The quantitative estimate of drug-likeness (QED) is 0.718. The third kappa shape index (κ3) is 4.23. The number of hydrogen-bond donors (Lipinski definition) is 1. The van der Waals surface area contributed by atoms with Gasteiger partial charge in [-0.15, -0.1) is 0 Å². The van der Waals surface area contributed by atoms with Crippen molar-refractivity contribution in [3.05, 3.63) is 29.8 Å². The summed E-state index contributed by atoms with van der Waals surface area (Å²) in [5, 5.41) is 2.59. The van der Waals surface area contributed by atoms with Crippen molar-refractivity contribution in [2.24, 2.45) is 0 Å². The van der Waals surface area contributed by atoms with Crippen LogP contribution in [0.15, 0.2) is 24.3 Å². The molecule has 1 saturated heterocycles. The Kier molecular flexibility index (Phi) is 6.26. The standard InChI is InChI=1S/C19H25F2N3O4/c1-11(2)24(12(3)4)15(25)10-23-16(26)19(5,22-18(23)27)13-6-8-14(9-7-13)28-17(20)21/h6-9,11-12,17H,10H2,1-5H3,(H,22,27)/t19-/m1/s1. The van der Waals surface area contributed by atoms with Gasteiger partial charge < -0.3 is 15.0 Å². The van der Waals surface area contributed by atoms with Gasteiger partial charge in [0.15, 0.2) is 0 Å². The molecule has 7 nitrogen and oxygen atoms in total. The van der Waals surface area contributed by atoms with Crippen molar-refractivity contribution in [1.82, 2.24) is 15.1 Å². The summed E-state index contributed by atoms with van der Waals surface area (Å²) in [5.41, 5.74) is -1.01. The number of carbonyl (C=O) groups excluding carboxylic acids is 3. The van der Waals surface area contributed by atoms with Crippen LogP contribution in [0.2, 0.25) is 0 Å². The summed E-state index contributed by atoms with van der Waals surface area (Å²) < 4.78 is 28.9. The lowest BCUT2D eigenvalue weighted by atomic mass is 9.92. The van der Waals surface area contributed by atoms with Crippen LogP contribution in [0.4, 0.5) is 13.6 Å². The molecule has 1 N–H and O–H groups in total. The van der Waals surface area contributed by atoms with Gasteiger partial charge >= 0.3 is 12.6 Å². The number of nitrogens with zero attached hydrogens (tertiary/aromatic N) is 2. The molecule has 0 bridgehead atoms. The number of amides is 4. The molecule has 1 aliphatic rings. The molecule has 154 valence electrons. The average Bonchev–Trinajstić information content (AvgIpc) is 2.78. The number of rotatable bonds is 7. The minimum Gasteiger partial charge on any atom is -0.435 e. The van der Waals surface area contributed by atoms with Gasteiger partial charge in [-0.3, -0.25) is 14.5 Å². The van der Waals surface area contributed by atoms with E-state index in [-0.39, 0.29) is 30.3 Å². The molecule has 2 rings (SSSR count). The minimum absolute atomic E-state index is 0.0596. The second-order valence-electron chi connectivity index (χ2n) is 7.34. The first kappa shape index (κ1) is 21.6. The third-order valence-corrected chi connectivity index (χ3v) is 4.63. The topological polar surface area (TPSA) is 79.0 Å². The van der Waals surface area contributed by atoms with Crippen molar-refractivity contribution in [3.8, 4) is 5.75 Å².